The number of sulfone groups is 1. The van der Waals surface area contributed by atoms with E-state index in [1.807, 2.05) is 0 Å². The molecule has 30 heavy (non-hydrogen) atoms. The Labute approximate surface area is 178 Å². The number of carbonyl (C=O) groups excluding carboxylic acids is 1. The van der Waals surface area contributed by atoms with Gasteiger partial charge in [-0.3, -0.25) is 4.79 Å². The van der Waals surface area contributed by atoms with E-state index in [-0.39, 0.29) is 27.8 Å². The Kier molecular flexibility index (Phi) is 5.24. The van der Waals surface area contributed by atoms with Crippen molar-refractivity contribution in [1.82, 2.24) is 10.3 Å². The summed E-state index contributed by atoms with van der Waals surface area (Å²) in [6.07, 6.45) is 0. The van der Waals surface area contributed by atoms with Gasteiger partial charge in [-0.15, -0.1) is 0 Å². The predicted octanol–water partition coefficient (Wildman–Crippen LogP) is 4.29. The summed E-state index contributed by atoms with van der Waals surface area (Å²) in [5.74, 6) is -0.571. The summed E-state index contributed by atoms with van der Waals surface area (Å²) < 4.78 is 26.8. The van der Waals surface area contributed by atoms with Gasteiger partial charge in [-0.25, -0.2) is 8.42 Å². The third-order valence-electron chi connectivity index (χ3n) is 4.69. The minimum Gasteiger partial charge on any atom is -0.508 e. The number of phenolic OH excluding ortho intramolecular Hbond substituents is 1. The first kappa shape index (κ1) is 20.0. The monoisotopic (exact) mass is 440 g/mol. The summed E-state index contributed by atoms with van der Waals surface area (Å²) in [4.78, 5) is 15.8. The number of halogens is 1. The fraction of sp³-hybridized carbons (Fsp3) is 0.0455. The second kappa shape index (κ2) is 7.85. The molecule has 0 radical (unpaired) electrons. The lowest BCUT2D eigenvalue weighted by molar-refractivity contribution is 0.0943. The van der Waals surface area contributed by atoms with E-state index in [2.05, 4.69) is 10.3 Å². The first-order chi connectivity index (χ1) is 14.4. The fourth-order valence-corrected chi connectivity index (χ4v) is 5.01. The number of nitrogens with one attached hydrogen (secondary N) is 2. The van der Waals surface area contributed by atoms with Crippen LogP contribution in [0.4, 0.5) is 0 Å². The van der Waals surface area contributed by atoms with Crippen molar-refractivity contribution in [1.29, 1.82) is 0 Å². The maximum atomic E-state index is 13.4. The van der Waals surface area contributed by atoms with Crippen LogP contribution in [0.1, 0.15) is 16.1 Å². The van der Waals surface area contributed by atoms with Crippen molar-refractivity contribution in [2.24, 2.45) is 0 Å². The highest BCUT2D eigenvalue weighted by Crippen LogP contribution is 2.33. The Morgan fingerprint density at radius 3 is 2.43 bits per heavy atom. The lowest BCUT2D eigenvalue weighted by Crippen LogP contribution is -2.25. The van der Waals surface area contributed by atoms with Gasteiger partial charge in [0, 0.05) is 28.0 Å². The molecular weight excluding hydrogens is 424 g/mol. The van der Waals surface area contributed by atoms with Crippen LogP contribution in [0.2, 0.25) is 5.02 Å². The number of amides is 1. The summed E-state index contributed by atoms with van der Waals surface area (Å²) in [5.41, 5.74) is 0.894. The molecular formula is C22H17ClN2O4S. The number of H-pyrrole nitrogens is 1. The van der Waals surface area contributed by atoms with Gasteiger partial charge in [0.1, 0.15) is 16.3 Å². The third-order valence-corrected chi connectivity index (χ3v) is 6.78. The molecule has 0 spiro atoms. The summed E-state index contributed by atoms with van der Waals surface area (Å²) in [5, 5.41) is 13.3. The number of aromatic amines is 1. The number of aromatic nitrogens is 1. The van der Waals surface area contributed by atoms with E-state index in [0.29, 0.717) is 21.5 Å². The minimum absolute atomic E-state index is 0.0342. The van der Waals surface area contributed by atoms with E-state index in [4.69, 9.17) is 11.6 Å². The molecule has 0 unspecified atom stereocenters. The van der Waals surface area contributed by atoms with Crippen molar-refractivity contribution in [3.05, 3.63) is 89.1 Å². The Morgan fingerprint density at radius 1 is 1.00 bits per heavy atom. The van der Waals surface area contributed by atoms with Crippen LogP contribution in [-0.4, -0.2) is 24.4 Å². The molecule has 8 heteroatoms. The van der Waals surface area contributed by atoms with Gasteiger partial charge in [0.15, 0.2) is 0 Å². The van der Waals surface area contributed by atoms with Crippen LogP contribution >= 0.6 is 11.6 Å². The maximum absolute atomic E-state index is 13.4. The van der Waals surface area contributed by atoms with Gasteiger partial charge in [-0.2, -0.15) is 0 Å². The SMILES string of the molecule is O=C(NCc1ccccc1O)c1[nH]c2ccc(Cl)cc2c1S(=O)(=O)c1ccccc1. The Morgan fingerprint density at radius 2 is 1.70 bits per heavy atom. The van der Waals surface area contributed by atoms with Crippen LogP contribution in [-0.2, 0) is 16.4 Å². The third kappa shape index (κ3) is 3.65. The van der Waals surface area contributed by atoms with Gasteiger partial charge >= 0.3 is 0 Å². The number of benzene rings is 3. The summed E-state index contributed by atoms with van der Waals surface area (Å²) in [7, 11) is -4.01. The van der Waals surface area contributed by atoms with Gasteiger partial charge in [0.05, 0.1) is 4.90 Å². The average molecular weight is 441 g/mol. The smallest absolute Gasteiger partial charge is 0.269 e. The lowest BCUT2D eigenvalue weighted by Gasteiger charge is -2.09. The second-order valence-electron chi connectivity index (χ2n) is 6.65. The highest BCUT2D eigenvalue weighted by atomic mass is 35.5. The minimum atomic E-state index is -4.01. The average Bonchev–Trinajstić information content (AvgIpc) is 3.13. The molecule has 3 N–H and O–H groups in total. The fourth-order valence-electron chi connectivity index (χ4n) is 3.22. The van der Waals surface area contributed by atoms with Crippen LogP contribution in [0, 0.1) is 0 Å². The van der Waals surface area contributed by atoms with Gasteiger partial charge in [0.25, 0.3) is 5.91 Å². The van der Waals surface area contributed by atoms with Crippen LogP contribution in [0.25, 0.3) is 10.9 Å². The molecule has 0 aliphatic rings. The molecule has 3 aromatic carbocycles. The Bertz CT molecular complexity index is 1350. The quantitative estimate of drug-likeness (QED) is 0.431. The molecule has 0 bridgehead atoms. The molecule has 4 rings (SSSR count). The van der Waals surface area contributed by atoms with Gasteiger partial charge in [-0.1, -0.05) is 48.0 Å². The lowest BCUT2D eigenvalue weighted by atomic mass is 10.2. The standard InChI is InChI=1S/C22H17ClN2O4S/c23-15-10-11-18-17(12-15)21(30(28,29)16-7-2-1-3-8-16)20(25-18)22(27)24-13-14-6-4-5-9-19(14)26/h1-12,25-26H,13H2,(H,24,27). The Hall–Kier alpha value is -3.29. The molecule has 1 heterocycles. The first-order valence-corrected chi connectivity index (χ1v) is 10.9. The number of aromatic hydroxyl groups is 1. The zero-order chi connectivity index (χ0) is 21.3. The van der Waals surface area contributed by atoms with Crippen molar-refractivity contribution >= 4 is 38.2 Å². The highest BCUT2D eigenvalue weighted by molar-refractivity contribution is 7.91. The number of rotatable bonds is 5. The number of hydrogen-bond donors (Lipinski definition) is 3. The number of fused-ring (bicyclic) bond motifs is 1. The maximum Gasteiger partial charge on any atom is 0.269 e. The molecule has 0 aliphatic heterocycles. The molecule has 1 amide bonds. The molecule has 0 aliphatic carbocycles. The van der Waals surface area contributed by atoms with Gasteiger partial charge < -0.3 is 15.4 Å². The van der Waals surface area contributed by atoms with Crippen molar-refractivity contribution in [3.63, 3.8) is 0 Å². The molecule has 0 fully saturated rings. The van der Waals surface area contributed by atoms with E-state index < -0.39 is 15.7 Å². The molecule has 0 atom stereocenters. The van der Waals surface area contributed by atoms with E-state index in [9.17, 15) is 18.3 Å². The molecule has 0 saturated heterocycles. The molecule has 4 aromatic rings. The normalized spacial score (nSPS) is 11.5. The number of phenols is 1. The van der Waals surface area contributed by atoms with E-state index in [1.165, 1.54) is 24.3 Å². The van der Waals surface area contributed by atoms with Crippen molar-refractivity contribution in [3.8, 4) is 5.75 Å². The van der Waals surface area contributed by atoms with Gasteiger partial charge in [-0.05, 0) is 36.4 Å². The predicted molar refractivity (Wildman–Crippen MR) is 114 cm³/mol. The molecule has 6 nitrogen and oxygen atoms in total. The zero-order valence-electron chi connectivity index (χ0n) is 15.6. The number of carbonyl (C=O) groups is 1. The number of para-hydroxylation sites is 1. The number of hydrogen-bond acceptors (Lipinski definition) is 4. The van der Waals surface area contributed by atoms with Crippen LogP contribution in [0.5, 0.6) is 5.75 Å². The molecule has 1 aromatic heterocycles. The molecule has 152 valence electrons. The van der Waals surface area contributed by atoms with Crippen LogP contribution in [0.3, 0.4) is 0 Å². The summed E-state index contributed by atoms with van der Waals surface area (Å²) in [6, 6.07) is 19.2. The van der Waals surface area contributed by atoms with Crippen molar-refractivity contribution in [2.45, 2.75) is 16.3 Å². The molecule has 0 saturated carbocycles. The summed E-state index contributed by atoms with van der Waals surface area (Å²) in [6.45, 7) is 0.0342. The summed E-state index contributed by atoms with van der Waals surface area (Å²) >= 11 is 6.10. The first-order valence-electron chi connectivity index (χ1n) is 9.04. The van der Waals surface area contributed by atoms with E-state index in [1.54, 1.807) is 48.5 Å². The second-order valence-corrected chi connectivity index (χ2v) is 8.97. The largest absolute Gasteiger partial charge is 0.508 e. The van der Waals surface area contributed by atoms with Crippen molar-refractivity contribution in [2.75, 3.05) is 0 Å². The highest BCUT2D eigenvalue weighted by Gasteiger charge is 2.29. The Balaban J connectivity index is 1.81. The zero-order valence-corrected chi connectivity index (χ0v) is 17.2. The van der Waals surface area contributed by atoms with Crippen LogP contribution < -0.4 is 5.32 Å². The van der Waals surface area contributed by atoms with Crippen molar-refractivity contribution < 1.29 is 18.3 Å². The topological polar surface area (TPSA) is 99.3 Å². The van der Waals surface area contributed by atoms with Gasteiger partial charge in [0.2, 0.25) is 9.84 Å². The van der Waals surface area contributed by atoms with Crippen LogP contribution in [0.15, 0.2) is 82.6 Å². The van der Waals surface area contributed by atoms with E-state index >= 15 is 0 Å². The van der Waals surface area contributed by atoms with E-state index in [0.717, 1.165) is 0 Å².